The summed E-state index contributed by atoms with van der Waals surface area (Å²) >= 11 is 0. The van der Waals surface area contributed by atoms with Crippen LogP contribution in [0.1, 0.15) is 12.5 Å². The van der Waals surface area contributed by atoms with E-state index in [1.54, 1.807) is 30.9 Å². The minimum atomic E-state index is -0.369. The fourth-order valence-corrected chi connectivity index (χ4v) is 2.70. The number of halogens is 1. The van der Waals surface area contributed by atoms with Crippen LogP contribution in [0, 0.1) is 5.82 Å². The number of aryl methyl sites for hydroxylation is 1. The Kier molecular flexibility index (Phi) is 3.77. The standard InChI is InChI=1S/C17H14FN7/c1-2-11-7-13(25-6-5-19-10-25)9-20-16(11)14-4-3-12(8-15(14)18)17-21-23-24-22-17/h3-10H,2H2,1H3,(H,21,22,23,24). The lowest BCUT2D eigenvalue weighted by Crippen LogP contribution is -1.99. The van der Waals surface area contributed by atoms with E-state index in [2.05, 4.69) is 30.6 Å². The molecule has 0 saturated heterocycles. The topological polar surface area (TPSA) is 85.2 Å². The Morgan fingerprint density at radius 1 is 1.24 bits per heavy atom. The molecular formula is C17H14FN7. The first kappa shape index (κ1) is 15.1. The number of H-pyrrole nitrogens is 1. The average molecular weight is 335 g/mol. The molecule has 0 aliphatic carbocycles. The van der Waals surface area contributed by atoms with Gasteiger partial charge in [0.2, 0.25) is 0 Å². The summed E-state index contributed by atoms with van der Waals surface area (Å²) in [5.41, 5.74) is 3.51. The minimum Gasteiger partial charge on any atom is -0.305 e. The van der Waals surface area contributed by atoms with E-state index in [0.717, 1.165) is 17.7 Å². The highest BCUT2D eigenvalue weighted by Gasteiger charge is 2.14. The van der Waals surface area contributed by atoms with E-state index in [4.69, 9.17) is 0 Å². The van der Waals surface area contributed by atoms with Crippen LogP contribution in [0.25, 0.3) is 28.3 Å². The van der Waals surface area contributed by atoms with E-state index < -0.39 is 0 Å². The number of tetrazole rings is 1. The van der Waals surface area contributed by atoms with Crippen molar-refractivity contribution >= 4 is 0 Å². The number of aromatic amines is 1. The first-order valence-corrected chi connectivity index (χ1v) is 7.77. The molecule has 0 radical (unpaired) electrons. The van der Waals surface area contributed by atoms with Gasteiger partial charge in [0.15, 0.2) is 5.82 Å². The molecule has 4 aromatic rings. The predicted octanol–water partition coefficient (Wildman–Crippen LogP) is 2.82. The maximum atomic E-state index is 14.7. The molecule has 4 rings (SSSR count). The lowest BCUT2D eigenvalue weighted by molar-refractivity contribution is 0.630. The maximum absolute atomic E-state index is 14.7. The maximum Gasteiger partial charge on any atom is 0.179 e. The molecule has 124 valence electrons. The lowest BCUT2D eigenvalue weighted by Gasteiger charge is -2.11. The van der Waals surface area contributed by atoms with E-state index in [0.29, 0.717) is 22.6 Å². The number of aromatic nitrogens is 7. The van der Waals surface area contributed by atoms with Crippen LogP contribution in [0.3, 0.4) is 0 Å². The number of hydrogen-bond donors (Lipinski definition) is 1. The molecule has 0 amide bonds. The van der Waals surface area contributed by atoms with Crippen LogP contribution in [-0.2, 0) is 6.42 Å². The Labute approximate surface area is 142 Å². The molecule has 7 nitrogen and oxygen atoms in total. The third kappa shape index (κ3) is 2.78. The van der Waals surface area contributed by atoms with Gasteiger partial charge in [-0.3, -0.25) is 4.98 Å². The van der Waals surface area contributed by atoms with Crippen LogP contribution in [0.2, 0.25) is 0 Å². The number of nitrogens with zero attached hydrogens (tertiary/aromatic N) is 6. The summed E-state index contributed by atoms with van der Waals surface area (Å²) in [4.78, 5) is 8.53. The zero-order valence-corrected chi connectivity index (χ0v) is 13.4. The lowest BCUT2D eigenvalue weighted by atomic mass is 10.0. The van der Waals surface area contributed by atoms with Gasteiger partial charge in [0, 0.05) is 23.5 Å². The Bertz CT molecular complexity index is 994. The zero-order chi connectivity index (χ0) is 17.2. The number of nitrogens with one attached hydrogen (secondary N) is 1. The summed E-state index contributed by atoms with van der Waals surface area (Å²) in [7, 11) is 0. The van der Waals surface area contributed by atoms with Crippen LogP contribution < -0.4 is 0 Å². The van der Waals surface area contributed by atoms with Crippen LogP contribution in [0.15, 0.2) is 49.2 Å². The van der Waals surface area contributed by atoms with Crippen molar-refractivity contribution in [1.29, 1.82) is 0 Å². The molecule has 0 aliphatic heterocycles. The number of hydrogen-bond acceptors (Lipinski definition) is 5. The van der Waals surface area contributed by atoms with Gasteiger partial charge in [-0.25, -0.2) is 14.5 Å². The molecule has 1 N–H and O–H groups in total. The van der Waals surface area contributed by atoms with Crippen LogP contribution in [-0.4, -0.2) is 35.2 Å². The van der Waals surface area contributed by atoms with E-state index in [9.17, 15) is 4.39 Å². The highest BCUT2D eigenvalue weighted by Crippen LogP contribution is 2.29. The van der Waals surface area contributed by atoms with E-state index in [1.807, 2.05) is 23.8 Å². The van der Waals surface area contributed by atoms with Crippen molar-refractivity contribution in [2.75, 3.05) is 0 Å². The van der Waals surface area contributed by atoms with Crippen molar-refractivity contribution in [3.8, 4) is 28.3 Å². The van der Waals surface area contributed by atoms with Gasteiger partial charge in [-0.05, 0) is 40.6 Å². The Morgan fingerprint density at radius 2 is 2.16 bits per heavy atom. The summed E-state index contributed by atoms with van der Waals surface area (Å²) in [6.45, 7) is 2.02. The fourth-order valence-electron chi connectivity index (χ4n) is 2.70. The molecule has 1 aromatic carbocycles. The number of pyridine rings is 1. The molecule has 0 unspecified atom stereocenters. The average Bonchev–Trinajstić information content (AvgIpc) is 3.35. The van der Waals surface area contributed by atoms with Crippen molar-refractivity contribution in [2.24, 2.45) is 0 Å². The van der Waals surface area contributed by atoms with Gasteiger partial charge in [0.1, 0.15) is 5.82 Å². The van der Waals surface area contributed by atoms with Crippen molar-refractivity contribution in [3.05, 3.63) is 60.6 Å². The Balaban J connectivity index is 1.76. The van der Waals surface area contributed by atoms with Crippen LogP contribution in [0.5, 0.6) is 0 Å². The Morgan fingerprint density at radius 3 is 2.84 bits per heavy atom. The monoisotopic (exact) mass is 335 g/mol. The van der Waals surface area contributed by atoms with Gasteiger partial charge in [0.05, 0.1) is 23.9 Å². The highest BCUT2D eigenvalue weighted by atomic mass is 19.1. The summed E-state index contributed by atoms with van der Waals surface area (Å²) in [6.07, 6.45) is 7.70. The van der Waals surface area contributed by atoms with Crippen molar-refractivity contribution in [2.45, 2.75) is 13.3 Å². The smallest absolute Gasteiger partial charge is 0.179 e. The van der Waals surface area contributed by atoms with Gasteiger partial charge < -0.3 is 4.57 Å². The van der Waals surface area contributed by atoms with E-state index >= 15 is 0 Å². The molecule has 0 fully saturated rings. The SMILES string of the molecule is CCc1cc(-n2ccnc2)cnc1-c1ccc(-c2nnn[nH]2)cc1F. The van der Waals surface area contributed by atoms with Crippen molar-refractivity contribution in [3.63, 3.8) is 0 Å². The van der Waals surface area contributed by atoms with Gasteiger partial charge in [-0.1, -0.05) is 13.0 Å². The predicted molar refractivity (Wildman–Crippen MR) is 89.3 cm³/mol. The molecule has 0 spiro atoms. The van der Waals surface area contributed by atoms with Gasteiger partial charge >= 0.3 is 0 Å². The summed E-state index contributed by atoms with van der Waals surface area (Å²) in [5, 5.41) is 13.4. The minimum absolute atomic E-state index is 0.369. The second-order valence-electron chi connectivity index (χ2n) is 5.47. The number of benzene rings is 1. The van der Waals surface area contributed by atoms with E-state index in [-0.39, 0.29) is 5.82 Å². The van der Waals surface area contributed by atoms with Gasteiger partial charge in [-0.15, -0.1) is 5.10 Å². The number of rotatable bonds is 4. The molecule has 25 heavy (non-hydrogen) atoms. The molecule has 0 atom stereocenters. The Hall–Kier alpha value is -3.42. The first-order valence-electron chi connectivity index (χ1n) is 7.77. The second-order valence-corrected chi connectivity index (χ2v) is 5.47. The second kappa shape index (κ2) is 6.23. The van der Waals surface area contributed by atoms with Crippen LogP contribution >= 0.6 is 0 Å². The fraction of sp³-hybridized carbons (Fsp3) is 0.118. The summed E-state index contributed by atoms with van der Waals surface area (Å²) < 4.78 is 16.5. The van der Waals surface area contributed by atoms with E-state index in [1.165, 1.54) is 6.07 Å². The molecule has 8 heteroatoms. The third-order valence-electron chi connectivity index (χ3n) is 3.98. The molecule has 0 bridgehead atoms. The number of imidazole rings is 1. The van der Waals surface area contributed by atoms with Gasteiger partial charge in [-0.2, -0.15) is 0 Å². The largest absolute Gasteiger partial charge is 0.305 e. The van der Waals surface area contributed by atoms with Crippen LogP contribution in [0.4, 0.5) is 4.39 Å². The molecule has 3 heterocycles. The molecule has 3 aromatic heterocycles. The van der Waals surface area contributed by atoms with Gasteiger partial charge in [0.25, 0.3) is 0 Å². The van der Waals surface area contributed by atoms with Crippen molar-refractivity contribution in [1.82, 2.24) is 35.2 Å². The molecule has 0 aliphatic rings. The molecular weight excluding hydrogens is 321 g/mol. The quantitative estimate of drug-likeness (QED) is 0.620. The normalized spacial score (nSPS) is 11.0. The molecule has 0 saturated carbocycles. The highest BCUT2D eigenvalue weighted by molar-refractivity contribution is 5.68. The summed E-state index contributed by atoms with van der Waals surface area (Å²) in [5.74, 6) is 0.0519. The van der Waals surface area contributed by atoms with Crippen molar-refractivity contribution < 1.29 is 4.39 Å². The zero-order valence-electron chi connectivity index (χ0n) is 13.4. The summed E-state index contributed by atoms with van der Waals surface area (Å²) in [6, 6.07) is 6.87. The third-order valence-corrected chi connectivity index (χ3v) is 3.98. The first-order chi connectivity index (χ1) is 12.3.